The Morgan fingerprint density at radius 3 is 2.90 bits per heavy atom. The first-order valence-electron chi connectivity index (χ1n) is 10.5. The molecule has 1 amide bonds. The summed E-state index contributed by atoms with van der Waals surface area (Å²) >= 11 is 0. The van der Waals surface area contributed by atoms with Crippen molar-refractivity contribution in [3.63, 3.8) is 0 Å². The van der Waals surface area contributed by atoms with E-state index in [4.69, 9.17) is 4.98 Å². The van der Waals surface area contributed by atoms with E-state index in [1.165, 1.54) is 5.56 Å². The zero-order chi connectivity index (χ0) is 19.6. The normalized spacial score (nSPS) is 19.6. The number of benzene rings is 1. The summed E-state index contributed by atoms with van der Waals surface area (Å²) in [5, 5.41) is 11.1. The van der Waals surface area contributed by atoms with Gasteiger partial charge in [0.15, 0.2) is 5.65 Å². The Morgan fingerprint density at radius 2 is 2.00 bits per heavy atom. The first-order chi connectivity index (χ1) is 14.3. The van der Waals surface area contributed by atoms with Gasteiger partial charge in [-0.3, -0.25) is 4.79 Å². The summed E-state index contributed by atoms with van der Waals surface area (Å²) in [5.74, 6) is 1.18. The van der Waals surface area contributed by atoms with Crippen LogP contribution in [0.1, 0.15) is 24.1 Å². The van der Waals surface area contributed by atoms with Gasteiger partial charge in [-0.2, -0.15) is 9.61 Å². The number of carbonyl (C=O) groups excluding carboxylic acids is 1. The van der Waals surface area contributed by atoms with Crippen molar-refractivity contribution in [2.24, 2.45) is 5.92 Å². The minimum atomic E-state index is -0.0395. The molecule has 0 bridgehead atoms. The predicted octanol–water partition coefficient (Wildman–Crippen LogP) is 2.27. The molecule has 1 fully saturated rings. The van der Waals surface area contributed by atoms with Crippen molar-refractivity contribution in [1.29, 1.82) is 0 Å². The van der Waals surface area contributed by atoms with E-state index in [1.807, 2.05) is 47.1 Å². The first kappa shape index (κ1) is 18.1. The molecule has 2 N–H and O–H groups in total. The van der Waals surface area contributed by atoms with Crippen molar-refractivity contribution in [3.8, 4) is 0 Å². The third-order valence-electron chi connectivity index (χ3n) is 5.91. The summed E-state index contributed by atoms with van der Waals surface area (Å²) in [5.41, 5.74) is 4.17. The lowest BCUT2D eigenvalue weighted by atomic mass is 9.96. The molecular weight excluding hydrogens is 364 g/mol. The van der Waals surface area contributed by atoms with Crippen LogP contribution in [0.5, 0.6) is 0 Å². The number of nitrogens with zero attached hydrogens (tertiary/aromatic N) is 4. The molecule has 1 unspecified atom stereocenters. The van der Waals surface area contributed by atoms with E-state index in [-0.39, 0.29) is 11.8 Å². The van der Waals surface area contributed by atoms with Crippen molar-refractivity contribution in [3.05, 3.63) is 53.9 Å². The number of para-hydroxylation sites is 1. The molecule has 3 aromatic rings. The summed E-state index contributed by atoms with van der Waals surface area (Å²) in [6.45, 7) is 3.54. The highest BCUT2D eigenvalue weighted by molar-refractivity contribution is 5.93. The molecule has 0 aliphatic carbocycles. The van der Waals surface area contributed by atoms with Gasteiger partial charge in [-0.15, -0.1) is 0 Å². The molecule has 1 saturated heterocycles. The van der Waals surface area contributed by atoms with Crippen LogP contribution in [0.25, 0.3) is 5.65 Å². The molecule has 2 aromatic heterocycles. The first-order valence-corrected chi connectivity index (χ1v) is 10.5. The van der Waals surface area contributed by atoms with Crippen LogP contribution in [0.3, 0.4) is 0 Å². The van der Waals surface area contributed by atoms with Crippen molar-refractivity contribution in [1.82, 2.24) is 19.9 Å². The molecule has 5 rings (SSSR count). The molecule has 1 aromatic carbocycles. The van der Waals surface area contributed by atoms with Gasteiger partial charge in [0.1, 0.15) is 5.82 Å². The standard InChI is InChI=1S/C22H26N6O/c29-21(25-17-6-2-1-3-7-17)16-5-4-14-27(15-16)22-18-8-11-23-12-9-19(18)26-20-10-13-24-28(20)22/h1-3,6-7,10,13,16,23H,4-5,8-9,11-12,14-15H2,(H,25,29). The van der Waals surface area contributed by atoms with Crippen LogP contribution in [-0.4, -0.2) is 46.7 Å². The Bertz CT molecular complexity index is 1010. The second-order valence-electron chi connectivity index (χ2n) is 7.85. The van der Waals surface area contributed by atoms with Gasteiger partial charge < -0.3 is 15.5 Å². The SMILES string of the molecule is O=C(Nc1ccccc1)C1CCCN(c2c3c(nc4ccnn24)CCNCC3)C1. The summed E-state index contributed by atoms with van der Waals surface area (Å²) in [6.07, 6.45) is 5.57. The highest BCUT2D eigenvalue weighted by Crippen LogP contribution is 2.30. The summed E-state index contributed by atoms with van der Waals surface area (Å²) in [7, 11) is 0. The smallest absolute Gasteiger partial charge is 0.229 e. The molecule has 7 heteroatoms. The third kappa shape index (κ3) is 3.58. The number of fused-ring (bicyclic) bond motifs is 2. The number of rotatable bonds is 3. The quantitative estimate of drug-likeness (QED) is 0.718. The number of hydrogen-bond acceptors (Lipinski definition) is 5. The number of anilines is 2. The summed E-state index contributed by atoms with van der Waals surface area (Å²) in [6, 6.07) is 11.7. The fourth-order valence-electron chi connectivity index (χ4n) is 4.49. The number of aromatic nitrogens is 3. The molecule has 0 radical (unpaired) electrons. The maximum atomic E-state index is 12.9. The summed E-state index contributed by atoms with van der Waals surface area (Å²) in [4.78, 5) is 20.1. The maximum absolute atomic E-state index is 12.9. The Kier molecular flexibility index (Phi) is 4.89. The van der Waals surface area contributed by atoms with E-state index in [2.05, 4.69) is 20.6 Å². The van der Waals surface area contributed by atoms with E-state index >= 15 is 0 Å². The largest absolute Gasteiger partial charge is 0.355 e. The van der Waals surface area contributed by atoms with Gasteiger partial charge in [0.05, 0.1) is 17.8 Å². The molecule has 150 valence electrons. The van der Waals surface area contributed by atoms with Gasteiger partial charge in [-0.05, 0) is 37.9 Å². The van der Waals surface area contributed by atoms with Gasteiger partial charge in [-0.25, -0.2) is 4.98 Å². The van der Waals surface area contributed by atoms with Crippen molar-refractivity contribution in [2.75, 3.05) is 36.4 Å². The molecule has 0 spiro atoms. The van der Waals surface area contributed by atoms with Crippen LogP contribution < -0.4 is 15.5 Å². The van der Waals surface area contributed by atoms with Crippen LogP contribution >= 0.6 is 0 Å². The van der Waals surface area contributed by atoms with E-state index in [0.29, 0.717) is 6.54 Å². The third-order valence-corrected chi connectivity index (χ3v) is 5.91. The highest BCUT2D eigenvalue weighted by Gasteiger charge is 2.30. The minimum absolute atomic E-state index is 0.0395. The van der Waals surface area contributed by atoms with Gasteiger partial charge in [0, 0.05) is 43.4 Å². The van der Waals surface area contributed by atoms with E-state index in [0.717, 1.165) is 68.2 Å². The fraction of sp³-hybridized carbons (Fsp3) is 0.409. The number of nitrogens with one attached hydrogen (secondary N) is 2. The number of carbonyl (C=O) groups is 1. The van der Waals surface area contributed by atoms with Crippen LogP contribution in [0.15, 0.2) is 42.6 Å². The lowest BCUT2D eigenvalue weighted by molar-refractivity contribution is -0.120. The average Bonchev–Trinajstić information content (AvgIpc) is 3.09. The zero-order valence-electron chi connectivity index (χ0n) is 16.5. The van der Waals surface area contributed by atoms with Gasteiger partial charge >= 0.3 is 0 Å². The maximum Gasteiger partial charge on any atom is 0.229 e. The Morgan fingerprint density at radius 1 is 1.14 bits per heavy atom. The lowest BCUT2D eigenvalue weighted by Gasteiger charge is -2.35. The number of amides is 1. The Balaban J connectivity index is 1.45. The van der Waals surface area contributed by atoms with Crippen molar-refractivity contribution >= 4 is 23.1 Å². The summed E-state index contributed by atoms with van der Waals surface area (Å²) < 4.78 is 1.96. The van der Waals surface area contributed by atoms with Crippen molar-refractivity contribution < 1.29 is 4.79 Å². The van der Waals surface area contributed by atoms with Gasteiger partial charge in [-0.1, -0.05) is 18.2 Å². The van der Waals surface area contributed by atoms with E-state index in [1.54, 1.807) is 0 Å². The van der Waals surface area contributed by atoms with Crippen LogP contribution in [-0.2, 0) is 17.6 Å². The molecular formula is C22H26N6O. The topological polar surface area (TPSA) is 74.6 Å². The van der Waals surface area contributed by atoms with Gasteiger partial charge in [0.25, 0.3) is 0 Å². The molecule has 1 atom stereocenters. The van der Waals surface area contributed by atoms with Crippen LogP contribution in [0, 0.1) is 5.92 Å². The predicted molar refractivity (Wildman–Crippen MR) is 113 cm³/mol. The van der Waals surface area contributed by atoms with Crippen LogP contribution in [0.4, 0.5) is 11.5 Å². The monoisotopic (exact) mass is 390 g/mol. The number of piperidine rings is 1. The molecule has 29 heavy (non-hydrogen) atoms. The molecule has 2 aliphatic heterocycles. The average molecular weight is 390 g/mol. The molecule has 7 nitrogen and oxygen atoms in total. The van der Waals surface area contributed by atoms with E-state index < -0.39 is 0 Å². The molecule has 4 heterocycles. The fourth-order valence-corrected chi connectivity index (χ4v) is 4.49. The molecule has 2 aliphatic rings. The second kappa shape index (κ2) is 7.83. The van der Waals surface area contributed by atoms with Gasteiger partial charge in [0.2, 0.25) is 5.91 Å². The van der Waals surface area contributed by atoms with Crippen LogP contribution in [0.2, 0.25) is 0 Å². The Labute approximate surface area is 170 Å². The number of hydrogen-bond donors (Lipinski definition) is 2. The second-order valence-corrected chi connectivity index (χ2v) is 7.85. The van der Waals surface area contributed by atoms with Crippen molar-refractivity contribution in [2.45, 2.75) is 25.7 Å². The van der Waals surface area contributed by atoms with E-state index in [9.17, 15) is 4.79 Å². The molecule has 0 saturated carbocycles. The Hall–Kier alpha value is -2.93. The minimum Gasteiger partial charge on any atom is -0.355 e. The highest BCUT2D eigenvalue weighted by atomic mass is 16.1. The lowest BCUT2D eigenvalue weighted by Crippen LogP contribution is -2.42. The zero-order valence-corrected chi connectivity index (χ0v) is 16.5.